The van der Waals surface area contributed by atoms with Gasteiger partial charge in [-0.3, -0.25) is 0 Å². The third-order valence-electron chi connectivity index (χ3n) is 13.4. The smallest absolute Gasteiger partial charge is 0.0554 e. The van der Waals surface area contributed by atoms with E-state index in [1.54, 1.807) is 0 Å². The largest absolute Gasteiger partial charge is 0.310 e. The average molecular weight is 783 g/mol. The van der Waals surface area contributed by atoms with Crippen molar-refractivity contribution in [3.63, 3.8) is 0 Å². The first-order valence-corrected chi connectivity index (χ1v) is 21.7. The lowest BCUT2D eigenvalue weighted by molar-refractivity contribution is 0.563. The van der Waals surface area contributed by atoms with Gasteiger partial charge in [-0.05, 0) is 130 Å². The lowest BCUT2D eigenvalue weighted by atomic mass is 9.75. The molecule has 2 heterocycles. The normalized spacial score (nSPS) is 13.7. The highest BCUT2D eigenvalue weighted by atomic mass is 32.1. The summed E-state index contributed by atoms with van der Waals surface area (Å²) in [6.45, 7) is 0. The number of rotatable bonds is 5. The minimum Gasteiger partial charge on any atom is -0.310 e. The van der Waals surface area contributed by atoms with Crippen molar-refractivity contribution in [1.29, 1.82) is 0 Å². The van der Waals surface area contributed by atoms with Crippen LogP contribution in [-0.4, -0.2) is 4.57 Å². The molecule has 9 aromatic carbocycles. The van der Waals surface area contributed by atoms with Crippen LogP contribution in [-0.2, 0) is 18.3 Å². The molecule has 2 nitrogen and oxygen atoms in total. The zero-order chi connectivity index (χ0) is 39.4. The minimum absolute atomic E-state index is 0.103. The molecule has 11 aromatic rings. The van der Waals surface area contributed by atoms with Crippen molar-refractivity contribution >= 4 is 70.4 Å². The van der Waals surface area contributed by atoms with E-state index < -0.39 is 0 Å². The molecule has 282 valence electrons. The zero-order valence-corrected chi connectivity index (χ0v) is 33.7. The molecule has 0 radical (unpaired) electrons. The second-order valence-electron chi connectivity index (χ2n) is 16.5. The molecule has 0 unspecified atom stereocenters. The summed E-state index contributed by atoms with van der Waals surface area (Å²) >= 11 is 1.88. The number of nitrogens with zero attached hydrogens (tertiary/aromatic N) is 2. The van der Waals surface area contributed by atoms with Crippen molar-refractivity contribution in [3.05, 3.63) is 229 Å². The minimum atomic E-state index is -0.103. The van der Waals surface area contributed by atoms with Gasteiger partial charge in [-0.1, -0.05) is 133 Å². The van der Waals surface area contributed by atoms with Gasteiger partial charge in [0.05, 0.1) is 16.7 Å². The van der Waals surface area contributed by atoms with Crippen molar-refractivity contribution in [2.75, 3.05) is 4.90 Å². The predicted octanol–water partition coefficient (Wildman–Crippen LogP) is 15.4. The average Bonchev–Trinajstić information content (AvgIpc) is 4.05. The van der Waals surface area contributed by atoms with E-state index in [9.17, 15) is 0 Å². The molecule has 0 saturated carbocycles. The maximum absolute atomic E-state index is 2.53. The molecule has 2 aromatic heterocycles. The number of benzene rings is 9. The highest BCUT2D eigenvalue weighted by Crippen LogP contribution is 2.57. The second kappa shape index (κ2) is 12.9. The first-order valence-electron chi connectivity index (χ1n) is 20.9. The van der Waals surface area contributed by atoms with Gasteiger partial charge < -0.3 is 9.47 Å². The molecule has 0 aliphatic heterocycles. The molecule has 2 aliphatic carbocycles. The van der Waals surface area contributed by atoms with Gasteiger partial charge in [-0.25, -0.2) is 0 Å². The maximum atomic E-state index is 2.53. The Hall–Kier alpha value is -7.20. The number of para-hydroxylation sites is 2. The van der Waals surface area contributed by atoms with E-state index in [0.717, 1.165) is 18.5 Å². The van der Waals surface area contributed by atoms with Gasteiger partial charge in [0, 0.05) is 53.4 Å². The lowest BCUT2D eigenvalue weighted by Crippen LogP contribution is -2.26. The van der Waals surface area contributed by atoms with Gasteiger partial charge in [-0.15, -0.1) is 11.3 Å². The van der Waals surface area contributed by atoms with E-state index in [1.165, 1.54) is 104 Å². The van der Waals surface area contributed by atoms with E-state index in [4.69, 9.17) is 0 Å². The Morgan fingerprint density at radius 1 is 0.433 bits per heavy atom. The lowest BCUT2D eigenvalue weighted by Gasteiger charge is -2.30. The molecule has 0 atom stereocenters. The van der Waals surface area contributed by atoms with Crippen molar-refractivity contribution in [3.8, 4) is 27.9 Å². The van der Waals surface area contributed by atoms with Crippen LogP contribution in [0.15, 0.2) is 206 Å². The van der Waals surface area contributed by atoms with Gasteiger partial charge in [0.25, 0.3) is 0 Å². The molecule has 60 heavy (non-hydrogen) atoms. The summed E-state index contributed by atoms with van der Waals surface area (Å²) in [5.74, 6) is 0. The van der Waals surface area contributed by atoms with Crippen molar-refractivity contribution in [2.45, 2.75) is 18.3 Å². The van der Waals surface area contributed by atoms with Crippen LogP contribution in [0.3, 0.4) is 0 Å². The highest BCUT2D eigenvalue weighted by molar-refractivity contribution is 7.26. The molecule has 0 saturated heterocycles. The number of aromatic nitrogens is 1. The summed E-state index contributed by atoms with van der Waals surface area (Å²) in [5.41, 5.74) is 18.0. The summed E-state index contributed by atoms with van der Waals surface area (Å²) in [7, 11) is 0. The molecule has 0 N–H and O–H groups in total. The molecule has 0 amide bonds. The fraction of sp³-hybridized carbons (Fsp3) is 0.0526. The standard InChI is InChI=1S/C57H38N2S/c1-2-17-41(18-3-1)59-51-24-10-7-21-46(51)48-33-38(28-31-52(48)59)37-16-12-19-42(32-37)58(53-25-13-27-55-56(53)47-22-8-11-26-54(47)60-55)43-29-30-45-44-20-6-9-23-49(44)57(50(45)34-43)35-39-14-4-5-15-40(39)36-57/h1-34H,35-36H2. The van der Waals surface area contributed by atoms with Gasteiger partial charge in [0.2, 0.25) is 0 Å². The number of hydrogen-bond donors (Lipinski definition) is 0. The van der Waals surface area contributed by atoms with Crippen molar-refractivity contribution in [1.82, 2.24) is 4.57 Å². The SMILES string of the molecule is c1ccc(-n2c3ccccc3c3cc(-c4cccc(N(c5ccc6c(c5)C5(Cc7ccccc7C5)c5ccccc5-6)c5cccc6sc7ccccc7c56)c4)ccc32)cc1. The van der Waals surface area contributed by atoms with Crippen LogP contribution < -0.4 is 4.90 Å². The third-order valence-corrected chi connectivity index (χ3v) is 14.5. The molecule has 0 bridgehead atoms. The molecule has 13 rings (SSSR count). The fourth-order valence-electron chi connectivity index (χ4n) is 10.8. The first kappa shape index (κ1) is 33.7. The highest BCUT2D eigenvalue weighted by Gasteiger charge is 2.47. The summed E-state index contributed by atoms with van der Waals surface area (Å²) in [4.78, 5) is 2.53. The fourth-order valence-corrected chi connectivity index (χ4v) is 11.9. The van der Waals surface area contributed by atoms with Gasteiger partial charge >= 0.3 is 0 Å². The zero-order valence-electron chi connectivity index (χ0n) is 32.8. The molecular formula is C57H38N2S. The Morgan fingerprint density at radius 2 is 1.10 bits per heavy atom. The third kappa shape index (κ3) is 4.87. The topological polar surface area (TPSA) is 8.17 Å². The number of thiophene rings is 1. The summed E-state index contributed by atoms with van der Waals surface area (Å²) in [6.07, 6.45) is 2.03. The Labute approximate surface area is 352 Å². The van der Waals surface area contributed by atoms with E-state index in [-0.39, 0.29) is 5.41 Å². The molecule has 1 spiro atoms. The van der Waals surface area contributed by atoms with E-state index in [0.29, 0.717) is 0 Å². The monoisotopic (exact) mass is 782 g/mol. The van der Waals surface area contributed by atoms with Crippen LogP contribution >= 0.6 is 11.3 Å². The Morgan fingerprint density at radius 3 is 1.98 bits per heavy atom. The maximum Gasteiger partial charge on any atom is 0.0554 e. The van der Waals surface area contributed by atoms with Gasteiger partial charge in [0.1, 0.15) is 0 Å². The summed E-state index contributed by atoms with van der Waals surface area (Å²) in [5, 5.41) is 5.11. The van der Waals surface area contributed by atoms with Crippen LogP contribution in [0, 0.1) is 0 Å². The first-order chi connectivity index (χ1) is 29.7. The predicted molar refractivity (Wildman–Crippen MR) is 254 cm³/mol. The van der Waals surface area contributed by atoms with Crippen molar-refractivity contribution < 1.29 is 0 Å². The van der Waals surface area contributed by atoms with Crippen LogP contribution in [0.4, 0.5) is 17.1 Å². The van der Waals surface area contributed by atoms with Crippen LogP contribution in [0.5, 0.6) is 0 Å². The van der Waals surface area contributed by atoms with Gasteiger partial charge in [-0.2, -0.15) is 0 Å². The summed E-state index contributed by atoms with van der Waals surface area (Å²) in [6, 6.07) is 76.9. The molecular weight excluding hydrogens is 745 g/mol. The molecule has 0 fully saturated rings. The van der Waals surface area contributed by atoms with Crippen molar-refractivity contribution in [2.24, 2.45) is 0 Å². The van der Waals surface area contributed by atoms with Gasteiger partial charge in [0.15, 0.2) is 0 Å². The Bertz CT molecular complexity index is 3490. The number of anilines is 3. The van der Waals surface area contributed by atoms with E-state index in [1.807, 2.05) is 11.3 Å². The Kier molecular flexibility index (Phi) is 7.25. The van der Waals surface area contributed by atoms with Crippen LogP contribution in [0.2, 0.25) is 0 Å². The van der Waals surface area contributed by atoms with E-state index in [2.05, 4.69) is 216 Å². The summed E-state index contributed by atoms with van der Waals surface area (Å²) < 4.78 is 5.00. The molecule has 2 aliphatic rings. The van der Waals surface area contributed by atoms with Crippen LogP contribution in [0.1, 0.15) is 22.3 Å². The van der Waals surface area contributed by atoms with Crippen LogP contribution in [0.25, 0.3) is 69.9 Å². The number of fused-ring (bicyclic) bond motifs is 12. The number of hydrogen-bond acceptors (Lipinski definition) is 2. The quantitative estimate of drug-likeness (QED) is 0.169. The second-order valence-corrected chi connectivity index (χ2v) is 17.6. The van der Waals surface area contributed by atoms with E-state index >= 15 is 0 Å². The molecule has 3 heteroatoms. The Balaban J connectivity index is 1.02.